The van der Waals surface area contributed by atoms with Gasteiger partial charge in [0.05, 0.1) is 52.9 Å². The molecule has 0 aromatic carbocycles. The topological polar surface area (TPSA) is 107 Å². The minimum Gasteiger partial charge on any atom is -0.394 e. The number of rotatable bonds is 13. The van der Waals surface area contributed by atoms with Crippen LogP contribution in [-0.4, -0.2) is 99.2 Å². The number of hydrogen-bond acceptors (Lipinski definition) is 8. The highest BCUT2D eigenvalue weighted by Gasteiger charge is 2.43. The Hall–Kier alpha value is -0.320. The summed E-state index contributed by atoms with van der Waals surface area (Å²) in [7, 11) is 0. The monoisotopic (exact) mass is 324 g/mol. The van der Waals surface area contributed by atoms with Gasteiger partial charge in [0.1, 0.15) is 24.4 Å². The summed E-state index contributed by atoms with van der Waals surface area (Å²) >= 11 is 0. The Labute approximate surface area is 130 Å². The van der Waals surface area contributed by atoms with Crippen LogP contribution < -0.4 is 0 Å². The average Bonchev–Trinajstić information content (AvgIpc) is 2.93. The summed E-state index contributed by atoms with van der Waals surface area (Å²) in [6.07, 6.45) is -1.60. The van der Waals surface area contributed by atoms with Gasteiger partial charge in [-0.3, -0.25) is 0 Å². The summed E-state index contributed by atoms with van der Waals surface area (Å²) in [5.74, 6) is 0. The standard InChI is InChI=1S/C14H28O8/c1-2-18-9-11(19-6-3-15)14-13(21-8-5-17)12(10-22-14)20-7-4-16/h11-17H,2-10H2,1H3. The Morgan fingerprint density at radius 3 is 2.36 bits per heavy atom. The molecular weight excluding hydrogens is 296 g/mol. The highest BCUT2D eigenvalue weighted by molar-refractivity contribution is 4.91. The van der Waals surface area contributed by atoms with Gasteiger partial charge in [-0.05, 0) is 6.92 Å². The first-order valence-corrected chi connectivity index (χ1v) is 7.65. The molecule has 0 saturated carbocycles. The number of aliphatic hydroxyl groups is 3. The van der Waals surface area contributed by atoms with Crippen LogP contribution in [0.1, 0.15) is 6.92 Å². The van der Waals surface area contributed by atoms with Crippen molar-refractivity contribution in [2.75, 3.05) is 59.5 Å². The van der Waals surface area contributed by atoms with E-state index in [0.717, 1.165) is 0 Å². The van der Waals surface area contributed by atoms with E-state index in [0.29, 0.717) is 19.8 Å². The van der Waals surface area contributed by atoms with Crippen molar-refractivity contribution < 1.29 is 39.0 Å². The van der Waals surface area contributed by atoms with E-state index in [1.165, 1.54) is 0 Å². The van der Waals surface area contributed by atoms with E-state index < -0.39 is 18.3 Å². The maximum absolute atomic E-state index is 8.96. The SMILES string of the molecule is CCOCC(OCCO)C1OCC(OCCO)C1OCCO. The van der Waals surface area contributed by atoms with Gasteiger partial charge in [0, 0.05) is 6.61 Å². The molecule has 1 fully saturated rings. The van der Waals surface area contributed by atoms with E-state index in [2.05, 4.69) is 0 Å². The third-order valence-corrected chi connectivity index (χ3v) is 3.24. The van der Waals surface area contributed by atoms with E-state index in [4.69, 9.17) is 39.0 Å². The zero-order valence-electron chi connectivity index (χ0n) is 13.1. The molecule has 1 aliphatic heterocycles. The van der Waals surface area contributed by atoms with E-state index >= 15 is 0 Å². The Morgan fingerprint density at radius 1 is 1.05 bits per heavy atom. The minimum atomic E-state index is -0.428. The first-order valence-electron chi connectivity index (χ1n) is 7.65. The number of aliphatic hydroxyl groups excluding tert-OH is 3. The van der Waals surface area contributed by atoms with Crippen LogP contribution in [0.15, 0.2) is 0 Å². The zero-order chi connectivity index (χ0) is 16.2. The van der Waals surface area contributed by atoms with Gasteiger partial charge in [-0.2, -0.15) is 0 Å². The fraction of sp³-hybridized carbons (Fsp3) is 1.00. The predicted molar refractivity (Wildman–Crippen MR) is 76.7 cm³/mol. The molecular formula is C14H28O8. The molecule has 0 aromatic rings. The maximum atomic E-state index is 8.96. The van der Waals surface area contributed by atoms with Crippen molar-refractivity contribution in [2.45, 2.75) is 31.3 Å². The van der Waals surface area contributed by atoms with Crippen molar-refractivity contribution in [3.8, 4) is 0 Å². The van der Waals surface area contributed by atoms with Gasteiger partial charge < -0.3 is 39.0 Å². The predicted octanol–water partition coefficient (Wildman–Crippen LogP) is -1.45. The molecule has 3 N–H and O–H groups in total. The molecule has 1 heterocycles. The largest absolute Gasteiger partial charge is 0.394 e. The second-order valence-electron chi connectivity index (χ2n) is 4.78. The van der Waals surface area contributed by atoms with Crippen LogP contribution in [0.5, 0.6) is 0 Å². The summed E-state index contributed by atoms with van der Waals surface area (Å²) in [4.78, 5) is 0. The maximum Gasteiger partial charge on any atom is 0.115 e. The molecule has 8 nitrogen and oxygen atoms in total. The summed E-state index contributed by atoms with van der Waals surface area (Å²) < 4.78 is 27.9. The first-order chi connectivity index (χ1) is 10.8. The van der Waals surface area contributed by atoms with Crippen LogP contribution in [0.4, 0.5) is 0 Å². The Bertz CT molecular complexity index is 257. The van der Waals surface area contributed by atoms with Gasteiger partial charge >= 0.3 is 0 Å². The van der Waals surface area contributed by atoms with Crippen molar-refractivity contribution >= 4 is 0 Å². The van der Waals surface area contributed by atoms with Crippen LogP contribution in [0.3, 0.4) is 0 Å². The Morgan fingerprint density at radius 2 is 1.73 bits per heavy atom. The summed E-state index contributed by atoms with van der Waals surface area (Å²) in [5.41, 5.74) is 0. The van der Waals surface area contributed by atoms with Gasteiger partial charge in [0.15, 0.2) is 0 Å². The lowest BCUT2D eigenvalue weighted by molar-refractivity contribution is -0.134. The van der Waals surface area contributed by atoms with Crippen molar-refractivity contribution in [1.82, 2.24) is 0 Å². The molecule has 1 aliphatic rings. The zero-order valence-corrected chi connectivity index (χ0v) is 13.1. The van der Waals surface area contributed by atoms with E-state index in [1.54, 1.807) is 0 Å². The molecule has 0 bridgehead atoms. The molecule has 1 saturated heterocycles. The van der Waals surface area contributed by atoms with Crippen molar-refractivity contribution in [3.63, 3.8) is 0 Å². The lowest BCUT2D eigenvalue weighted by atomic mass is 10.1. The molecule has 132 valence electrons. The third-order valence-electron chi connectivity index (χ3n) is 3.24. The first kappa shape index (κ1) is 19.7. The Balaban J connectivity index is 2.67. The lowest BCUT2D eigenvalue weighted by Crippen LogP contribution is -2.45. The van der Waals surface area contributed by atoms with Gasteiger partial charge in [0.25, 0.3) is 0 Å². The van der Waals surface area contributed by atoms with E-state index in [9.17, 15) is 0 Å². The number of ether oxygens (including phenoxy) is 5. The van der Waals surface area contributed by atoms with E-state index in [-0.39, 0.29) is 45.7 Å². The van der Waals surface area contributed by atoms with Crippen molar-refractivity contribution in [1.29, 1.82) is 0 Å². The summed E-state index contributed by atoms with van der Waals surface area (Å²) in [6, 6.07) is 0. The molecule has 8 heteroatoms. The normalized spacial score (nSPS) is 26.5. The molecule has 22 heavy (non-hydrogen) atoms. The van der Waals surface area contributed by atoms with Gasteiger partial charge in [-0.15, -0.1) is 0 Å². The number of hydrogen-bond donors (Lipinski definition) is 3. The highest BCUT2D eigenvalue weighted by atomic mass is 16.6. The summed E-state index contributed by atoms with van der Waals surface area (Å²) in [5, 5.41) is 26.8. The molecule has 0 radical (unpaired) electrons. The molecule has 0 amide bonds. The average molecular weight is 324 g/mol. The molecule has 0 aromatic heterocycles. The van der Waals surface area contributed by atoms with Crippen LogP contribution in [0, 0.1) is 0 Å². The molecule has 0 aliphatic carbocycles. The molecule has 4 unspecified atom stereocenters. The van der Waals surface area contributed by atoms with Crippen LogP contribution in [0.2, 0.25) is 0 Å². The lowest BCUT2D eigenvalue weighted by Gasteiger charge is -2.29. The highest BCUT2D eigenvalue weighted by Crippen LogP contribution is 2.25. The van der Waals surface area contributed by atoms with Crippen molar-refractivity contribution in [3.05, 3.63) is 0 Å². The van der Waals surface area contributed by atoms with Gasteiger partial charge in [-0.25, -0.2) is 0 Å². The molecule has 4 atom stereocenters. The van der Waals surface area contributed by atoms with Gasteiger partial charge in [-0.1, -0.05) is 0 Å². The van der Waals surface area contributed by atoms with Gasteiger partial charge in [0.2, 0.25) is 0 Å². The fourth-order valence-corrected chi connectivity index (χ4v) is 2.34. The second kappa shape index (κ2) is 12.1. The summed E-state index contributed by atoms with van der Waals surface area (Å²) in [6.45, 7) is 3.27. The quantitative estimate of drug-likeness (QED) is 0.378. The Kier molecular flexibility index (Phi) is 10.9. The second-order valence-corrected chi connectivity index (χ2v) is 4.78. The van der Waals surface area contributed by atoms with Crippen LogP contribution in [0.25, 0.3) is 0 Å². The minimum absolute atomic E-state index is 0.0860. The third kappa shape index (κ3) is 6.43. The van der Waals surface area contributed by atoms with Crippen LogP contribution in [-0.2, 0) is 23.7 Å². The molecule has 0 spiro atoms. The smallest absolute Gasteiger partial charge is 0.115 e. The fourth-order valence-electron chi connectivity index (χ4n) is 2.34. The van der Waals surface area contributed by atoms with E-state index in [1.807, 2.05) is 6.92 Å². The van der Waals surface area contributed by atoms with Crippen LogP contribution >= 0.6 is 0 Å². The van der Waals surface area contributed by atoms with Crippen molar-refractivity contribution in [2.24, 2.45) is 0 Å². The molecule has 1 rings (SSSR count).